The fourth-order valence-electron chi connectivity index (χ4n) is 3.79. The van der Waals surface area contributed by atoms with Gasteiger partial charge in [-0.3, -0.25) is 0 Å². The molecule has 158 valence electrons. The maximum Gasteiger partial charge on any atom is 0.123 e. The smallest absolute Gasteiger partial charge is 0.123 e. The van der Waals surface area contributed by atoms with Crippen molar-refractivity contribution in [2.24, 2.45) is 5.92 Å². The molecule has 2 nitrogen and oxygen atoms in total. The molecule has 3 heteroatoms. The Labute approximate surface area is 180 Å². The second-order valence-corrected chi connectivity index (χ2v) is 7.92. The van der Waals surface area contributed by atoms with Gasteiger partial charge in [-0.2, -0.15) is 0 Å². The van der Waals surface area contributed by atoms with E-state index in [9.17, 15) is 4.39 Å². The second-order valence-electron chi connectivity index (χ2n) is 7.92. The molecule has 0 radical (unpaired) electrons. The van der Waals surface area contributed by atoms with Gasteiger partial charge in [0.2, 0.25) is 0 Å². The molecule has 1 aliphatic carbocycles. The zero-order valence-corrected chi connectivity index (χ0v) is 18.3. The average Bonchev–Trinajstić information content (AvgIpc) is 2.79. The number of benzene rings is 2. The first kappa shape index (κ1) is 22.0. The molecule has 0 heterocycles. The summed E-state index contributed by atoms with van der Waals surface area (Å²) in [6.45, 7) is 4.49. The summed E-state index contributed by atoms with van der Waals surface area (Å²) in [4.78, 5) is 2.38. The average molecular weight is 405 g/mol. The van der Waals surface area contributed by atoms with Gasteiger partial charge in [0.1, 0.15) is 5.82 Å². The number of para-hydroxylation sites is 1. The van der Waals surface area contributed by atoms with Gasteiger partial charge in [0.25, 0.3) is 0 Å². The molecular weight excluding hydrogens is 371 g/mol. The predicted molar refractivity (Wildman–Crippen MR) is 126 cm³/mol. The monoisotopic (exact) mass is 404 g/mol. The Kier molecular flexibility index (Phi) is 8.04. The predicted octanol–water partition coefficient (Wildman–Crippen LogP) is 7.15. The number of halogens is 1. The van der Waals surface area contributed by atoms with Crippen LogP contribution in [0.5, 0.6) is 0 Å². The third-order valence-electron chi connectivity index (χ3n) is 5.69. The van der Waals surface area contributed by atoms with Crippen LogP contribution in [0, 0.1) is 11.7 Å². The maximum absolute atomic E-state index is 13.5. The van der Waals surface area contributed by atoms with Crippen molar-refractivity contribution in [3.8, 4) is 0 Å². The first-order valence-electron chi connectivity index (χ1n) is 11.0. The molecule has 2 atom stereocenters. The van der Waals surface area contributed by atoms with Gasteiger partial charge in [-0.1, -0.05) is 68.8 Å². The van der Waals surface area contributed by atoms with Gasteiger partial charge in [-0.25, -0.2) is 4.39 Å². The Morgan fingerprint density at radius 3 is 2.43 bits per heavy atom. The lowest BCUT2D eigenvalue weighted by Gasteiger charge is -2.33. The fourth-order valence-corrected chi connectivity index (χ4v) is 3.79. The highest BCUT2D eigenvalue weighted by Gasteiger charge is 2.21. The Morgan fingerprint density at radius 1 is 1.10 bits per heavy atom. The summed E-state index contributed by atoms with van der Waals surface area (Å²) in [5.74, 6) is 0.262. The van der Waals surface area contributed by atoms with Crippen molar-refractivity contribution in [2.75, 3.05) is 11.9 Å². The summed E-state index contributed by atoms with van der Waals surface area (Å²) >= 11 is 0. The molecule has 0 fully saturated rings. The first-order chi connectivity index (χ1) is 14.6. The highest BCUT2D eigenvalue weighted by molar-refractivity contribution is 5.61. The number of anilines is 1. The fraction of sp³-hybridized carbons (Fsp3) is 0.333. The van der Waals surface area contributed by atoms with Gasteiger partial charge in [-0.05, 0) is 61.7 Å². The third kappa shape index (κ3) is 5.70. The van der Waals surface area contributed by atoms with Gasteiger partial charge in [0.05, 0.1) is 0 Å². The summed E-state index contributed by atoms with van der Waals surface area (Å²) in [6.07, 6.45) is 13.2. The molecule has 0 saturated heterocycles. The zero-order chi connectivity index (χ0) is 21.3. The molecule has 30 heavy (non-hydrogen) atoms. The lowest BCUT2D eigenvalue weighted by Crippen LogP contribution is -2.27. The lowest BCUT2D eigenvalue weighted by molar-refractivity contribution is 0.571. The molecule has 0 aliphatic heterocycles. The number of nitrogens with zero attached hydrogens (tertiary/aromatic N) is 1. The Balaban J connectivity index is 2.03. The minimum absolute atomic E-state index is 0.0975. The van der Waals surface area contributed by atoms with Crippen LogP contribution >= 0.6 is 0 Å². The van der Waals surface area contributed by atoms with Crippen LogP contribution in [0.4, 0.5) is 10.1 Å². The number of nitrogens with one attached hydrogen (secondary N) is 1. The molecule has 1 aliphatic rings. The third-order valence-corrected chi connectivity index (χ3v) is 5.69. The van der Waals surface area contributed by atoms with E-state index in [0.717, 1.165) is 31.2 Å². The van der Waals surface area contributed by atoms with Crippen LogP contribution in [0.3, 0.4) is 0 Å². The standard InChI is InChI=1S/C27H33FN2/c1-4-21(2)19-26(20-27(29-3)22-15-17-23(28)18-16-22)30(24-11-7-5-8-12-24)25-13-9-6-10-14-25/h5,7-9,11-19,21,27,29H,4,6,10,20H2,1-3H3/b26-19+. The highest BCUT2D eigenvalue weighted by Crippen LogP contribution is 2.33. The van der Waals surface area contributed by atoms with E-state index < -0.39 is 0 Å². The van der Waals surface area contributed by atoms with E-state index in [1.54, 1.807) is 12.1 Å². The van der Waals surface area contributed by atoms with E-state index in [4.69, 9.17) is 0 Å². The quantitative estimate of drug-likeness (QED) is 0.477. The van der Waals surface area contributed by atoms with Crippen LogP contribution in [0.2, 0.25) is 0 Å². The van der Waals surface area contributed by atoms with Crippen LogP contribution in [-0.2, 0) is 0 Å². The van der Waals surface area contributed by atoms with Crippen LogP contribution < -0.4 is 10.2 Å². The largest absolute Gasteiger partial charge is 0.315 e. The van der Waals surface area contributed by atoms with Crippen LogP contribution in [0.1, 0.15) is 51.1 Å². The van der Waals surface area contributed by atoms with E-state index in [0.29, 0.717) is 5.92 Å². The van der Waals surface area contributed by atoms with Gasteiger partial charge < -0.3 is 10.2 Å². The van der Waals surface area contributed by atoms with Gasteiger partial charge in [0, 0.05) is 29.5 Å². The van der Waals surface area contributed by atoms with E-state index in [2.05, 4.69) is 78.7 Å². The molecule has 0 aromatic heterocycles. The number of allylic oxidation sites excluding steroid dienone is 4. The number of rotatable bonds is 9. The van der Waals surface area contributed by atoms with Crippen molar-refractivity contribution in [3.63, 3.8) is 0 Å². The molecule has 0 spiro atoms. The topological polar surface area (TPSA) is 15.3 Å². The summed E-state index contributed by atoms with van der Waals surface area (Å²) in [7, 11) is 1.97. The van der Waals surface area contributed by atoms with Crippen LogP contribution in [0.25, 0.3) is 0 Å². The minimum atomic E-state index is -0.201. The SMILES string of the molecule is CCC(C)/C=C(\CC(NC)c1ccc(F)cc1)N(C1=CCCC=C1)c1ccccc1. The van der Waals surface area contributed by atoms with Crippen LogP contribution in [0.15, 0.2) is 90.3 Å². The van der Waals surface area contributed by atoms with Crippen molar-refractivity contribution >= 4 is 5.69 Å². The van der Waals surface area contributed by atoms with Crippen molar-refractivity contribution in [1.29, 1.82) is 0 Å². The molecule has 3 rings (SSSR count). The second kappa shape index (κ2) is 10.9. The van der Waals surface area contributed by atoms with E-state index in [1.165, 1.54) is 17.1 Å². The van der Waals surface area contributed by atoms with Crippen LogP contribution in [-0.4, -0.2) is 7.05 Å². The molecule has 0 amide bonds. The Bertz CT molecular complexity index is 881. The summed E-state index contributed by atoms with van der Waals surface area (Å²) in [5.41, 5.74) is 4.74. The van der Waals surface area contributed by atoms with Gasteiger partial charge >= 0.3 is 0 Å². The van der Waals surface area contributed by atoms with Crippen molar-refractivity contribution < 1.29 is 4.39 Å². The number of hydrogen-bond acceptors (Lipinski definition) is 2. The molecule has 0 bridgehead atoms. The molecule has 0 saturated carbocycles. The van der Waals surface area contributed by atoms with Crippen molar-refractivity contribution in [3.05, 3.63) is 102 Å². The Hall–Kier alpha value is -2.65. The summed E-state index contributed by atoms with van der Waals surface area (Å²) < 4.78 is 13.5. The summed E-state index contributed by atoms with van der Waals surface area (Å²) in [5, 5.41) is 3.44. The minimum Gasteiger partial charge on any atom is -0.315 e. The number of hydrogen-bond donors (Lipinski definition) is 1. The normalized spacial score (nSPS) is 16.1. The molecular formula is C27H33FN2. The molecule has 2 aromatic rings. The van der Waals surface area contributed by atoms with E-state index in [-0.39, 0.29) is 11.9 Å². The van der Waals surface area contributed by atoms with Crippen molar-refractivity contribution in [1.82, 2.24) is 5.32 Å². The van der Waals surface area contributed by atoms with E-state index in [1.807, 2.05) is 19.2 Å². The maximum atomic E-state index is 13.5. The first-order valence-corrected chi connectivity index (χ1v) is 11.0. The molecule has 2 unspecified atom stereocenters. The van der Waals surface area contributed by atoms with Crippen molar-refractivity contribution in [2.45, 2.75) is 45.6 Å². The summed E-state index contributed by atoms with van der Waals surface area (Å²) in [6, 6.07) is 17.5. The molecule has 1 N–H and O–H groups in total. The van der Waals surface area contributed by atoms with E-state index >= 15 is 0 Å². The van der Waals surface area contributed by atoms with Gasteiger partial charge in [0.15, 0.2) is 0 Å². The zero-order valence-electron chi connectivity index (χ0n) is 18.3. The van der Waals surface area contributed by atoms with Gasteiger partial charge in [-0.15, -0.1) is 0 Å². The highest BCUT2D eigenvalue weighted by atomic mass is 19.1. The molecule has 2 aromatic carbocycles. The lowest BCUT2D eigenvalue weighted by atomic mass is 9.97. The Morgan fingerprint density at radius 2 is 1.83 bits per heavy atom.